The maximum atomic E-state index is 10.8. The fraction of sp³-hybridized carbons (Fsp3) is 0.222. The minimum atomic E-state index is -0.473. The maximum Gasteiger partial charge on any atom is 0.270 e. The summed E-state index contributed by atoms with van der Waals surface area (Å²) in [6.45, 7) is 1.66. The van der Waals surface area contributed by atoms with Crippen molar-refractivity contribution in [2.45, 2.75) is 17.1 Å². The fourth-order valence-electron chi connectivity index (χ4n) is 0.933. The van der Waals surface area contributed by atoms with E-state index in [1.165, 1.54) is 23.9 Å². The Labute approximate surface area is 90.8 Å². The minimum absolute atomic E-state index is 0.0108. The summed E-state index contributed by atoms with van der Waals surface area (Å²) >= 11 is 1.20. The van der Waals surface area contributed by atoms with Crippen molar-refractivity contribution in [3.05, 3.63) is 34.4 Å². The quantitative estimate of drug-likeness (QED) is 0.479. The third-order valence-corrected chi connectivity index (χ3v) is 2.85. The van der Waals surface area contributed by atoms with E-state index in [1.54, 1.807) is 19.1 Å². The molecule has 1 aromatic rings. The van der Waals surface area contributed by atoms with Crippen molar-refractivity contribution in [2.24, 2.45) is 5.73 Å². The molecule has 15 heavy (non-hydrogen) atoms. The summed E-state index contributed by atoms with van der Waals surface area (Å²) in [5.41, 5.74) is 5.10. The lowest BCUT2D eigenvalue weighted by atomic mass is 10.3. The lowest BCUT2D eigenvalue weighted by Crippen LogP contribution is -2.22. The molecule has 1 amide bonds. The lowest BCUT2D eigenvalue weighted by molar-refractivity contribution is -0.385. The van der Waals surface area contributed by atoms with Gasteiger partial charge in [-0.1, -0.05) is 6.07 Å². The number of nitrogens with two attached hydrogens (primary N) is 1. The molecule has 0 bridgehead atoms. The molecule has 0 radical (unpaired) electrons. The Bertz CT molecular complexity index is 395. The molecule has 0 fully saturated rings. The largest absolute Gasteiger partial charge is 0.369 e. The average molecular weight is 226 g/mol. The summed E-state index contributed by atoms with van der Waals surface area (Å²) in [6.07, 6.45) is 0. The van der Waals surface area contributed by atoms with E-state index in [-0.39, 0.29) is 5.69 Å². The van der Waals surface area contributed by atoms with Crippen LogP contribution in [-0.2, 0) is 4.79 Å². The van der Waals surface area contributed by atoms with Gasteiger partial charge in [0.25, 0.3) is 5.69 Å². The number of non-ortho nitro benzene ring substituents is 1. The Balaban J connectivity index is 2.82. The molecule has 0 spiro atoms. The summed E-state index contributed by atoms with van der Waals surface area (Å²) < 4.78 is 0. The Morgan fingerprint density at radius 2 is 2.27 bits per heavy atom. The Morgan fingerprint density at radius 1 is 1.60 bits per heavy atom. The molecule has 0 aromatic heterocycles. The number of nitro groups is 1. The van der Waals surface area contributed by atoms with Crippen molar-refractivity contribution in [1.29, 1.82) is 0 Å². The summed E-state index contributed by atoms with van der Waals surface area (Å²) in [6, 6.07) is 6.11. The van der Waals surface area contributed by atoms with Crippen LogP contribution in [0.25, 0.3) is 0 Å². The Kier molecular flexibility index (Phi) is 3.68. The number of benzene rings is 1. The topological polar surface area (TPSA) is 86.2 Å². The molecule has 1 rings (SSSR count). The van der Waals surface area contributed by atoms with Gasteiger partial charge in [-0.2, -0.15) is 0 Å². The van der Waals surface area contributed by atoms with Crippen LogP contribution in [-0.4, -0.2) is 16.1 Å². The van der Waals surface area contributed by atoms with Crippen molar-refractivity contribution in [2.75, 3.05) is 0 Å². The molecule has 6 heteroatoms. The maximum absolute atomic E-state index is 10.8. The summed E-state index contributed by atoms with van der Waals surface area (Å²) in [4.78, 5) is 21.5. The zero-order valence-corrected chi connectivity index (χ0v) is 8.86. The molecule has 0 aliphatic heterocycles. The Morgan fingerprint density at radius 3 is 2.80 bits per heavy atom. The predicted molar refractivity (Wildman–Crippen MR) is 57.6 cm³/mol. The van der Waals surface area contributed by atoms with Gasteiger partial charge in [0.05, 0.1) is 10.2 Å². The third-order valence-electron chi connectivity index (χ3n) is 1.74. The second-order valence-electron chi connectivity index (χ2n) is 2.92. The molecule has 0 heterocycles. The summed E-state index contributed by atoms with van der Waals surface area (Å²) in [5.74, 6) is -0.438. The van der Waals surface area contributed by atoms with E-state index >= 15 is 0 Å². The number of carbonyl (C=O) groups excluding carboxylic acids is 1. The van der Waals surface area contributed by atoms with Crippen LogP contribution in [0.15, 0.2) is 29.2 Å². The van der Waals surface area contributed by atoms with Crippen molar-refractivity contribution in [1.82, 2.24) is 0 Å². The number of primary amides is 1. The van der Waals surface area contributed by atoms with Gasteiger partial charge in [-0.3, -0.25) is 14.9 Å². The molecule has 1 atom stereocenters. The van der Waals surface area contributed by atoms with Crippen LogP contribution in [0.5, 0.6) is 0 Å². The van der Waals surface area contributed by atoms with Gasteiger partial charge in [-0.15, -0.1) is 11.8 Å². The van der Waals surface area contributed by atoms with Crippen LogP contribution in [0.1, 0.15) is 6.92 Å². The van der Waals surface area contributed by atoms with Crippen molar-refractivity contribution >= 4 is 23.4 Å². The highest BCUT2D eigenvalue weighted by Crippen LogP contribution is 2.26. The molecular weight excluding hydrogens is 216 g/mol. The van der Waals surface area contributed by atoms with Gasteiger partial charge in [0.2, 0.25) is 5.91 Å². The number of carbonyl (C=O) groups is 1. The van der Waals surface area contributed by atoms with Gasteiger partial charge in [0, 0.05) is 17.0 Å². The van der Waals surface area contributed by atoms with Gasteiger partial charge in [-0.25, -0.2) is 0 Å². The molecule has 80 valence electrons. The van der Waals surface area contributed by atoms with E-state index in [4.69, 9.17) is 5.73 Å². The lowest BCUT2D eigenvalue weighted by Gasteiger charge is -2.05. The second kappa shape index (κ2) is 4.79. The highest BCUT2D eigenvalue weighted by Gasteiger charge is 2.12. The number of hydrogen-bond acceptors (Lipinski definition) is 4. The third kappa shape index (κ3) is 3.25. The van der Waals surface area contributed by atoms with E-state index in [9.17, 15) is 14.9 Å². The molecule has 0 saturated carbocycles. The highest BCUT2D eigenvalue weighted by molar-refractivity contribution is 8.00. The van der Waals surface area contributed by atoms with Crippen LogP contribution in [0.2, 0.25) is 0 Å². The van der Waals surface area contributed by atoms with Crippen LogP contribution >= 0.6 is 11.8 Å². The molecule has 2 N–H and O–H groups in total. The number of nitro benzene ring substituents is 1. The minimum Gasteiger partial charge on any atom is -0.369 e. The molecule has 1 aromatic carbocycles. The smallest absolute Gasteiger partial charge is 0.270 e. The zero-order chi connectivity index (χ0) is 11.4. The van der Waals surface area contributed by atoms with Crippen molar-refractivity contribution in [3.63, 3.8) is 0 Å². The normalized spacial score (nSPS) is 12.1. The van der Waals surface area contributed by atoms with Crippen molar-refractivity contribution in [3.8, 4) is 0 Å². The highest BCUT2D eigenvalue weighted by atomic mass is 32.2. The van der Waals surface area contributed by atoms with Crippen molar-refractivity contribution < 1.29 is 9.72 Å². The first-order chi connectivity index (χ1) is 7.00. The standard InChI is InChI=1S/C9H10N2O3S/c1-6(9(10)12)15-8-4-2-3-7(5-8)11(13)14/h2-6H,1H3,(H2,10,12). The van der Waals surface area contributed by atoms with Crippen LogP contribution in [0.4, 0.5) is 5.69 Å². The van der Waals surface area contributed by atoms with Crippen LogP contribution in [0, 0.1) is 10.1 Å². The fourth-order valence-corrected chi connectivity index (χ4v) is 1.80. The summed E-state index contributed by atoms with van der Waals surface area (Å²) in [5, 5.41) is 10.1. The Hall–Kier alpha value is -1.56. The number of rotatable bonds is 4. The van der Waals surface area contributed by atoms with E-state index < -0.39 is 16.1 Å². The zero-order valence-electron chi connectivity index (χ0n) is 8.04. The number of amides is 1. The van der Waals surface area contributed by atoms with E-state index in [0.717, 1.165) is 0 Å². The monoisotopic (exact) mass is 226 g/mol. The number of thioether (sulfide) groups is 1. The van der Waals surface area contributed by atoms with E-state index in [1.807, 2.05) is 0 Å². The molecule has 0 aliphatic carbocycles. The van der Waals surface area contributed by atoms with Gasteiger partial charge in [-0.05, 0) is 13.0 Å². The number of hydrogen-bond donors (Lipinski definition) is 1. The van der Waals surface area contributed by atoms with Gasteiger partial charge in [0.15, 0.2) is 0 Å². The molecule has 0 saturated heterocycles. The van der Waals surface area contributed by atoms with Gasteiger partial charge in [0.1, 0.15) is 0 Å². The summed E-state index contributed by atoms with van der Waals surface area (Å²) in [7, 11) is 0. The van der Waals surface area contributed by atoms with Gasteiger partial charge < -0.3 is 5.73 Å². The second-order valence-corrected chi connectivity index (χ2v) is 4.33. The van der Waals surface area contributed by atoms with Crippen LogP contribution < -0.4 is 5.73 Å². The number of nitrogens with zero attached hydrogens (tertiary/aromatic N) is 1. The van der Waals surface area contributed by atoms with Gasteiger partial charge >= 0.3 is 0 Å². The van der Waals surface area contributed by atoms with Crippen LogP contribution in [0.3, 0.4) is 0 Å². The molecule has 5 nitrogen and oxygen atoms in total. The average Bonchev–Trinajstić information content (AvgIpc) is 2.18. The first-order valence-corrected chi connectivity index (χ1v) is 5.09. The van der Waals surface area contributed by atoms with E-state index in [0.29, 0.717) is 4.90 Å². The molecule has 0 aliphatic rings. The first kappa shape index (κ1) is 11.5. The SMILES string of the molecule is CC(Sc1cccc([N+](=O)[O-])c1)C(N)=O. The molecule has 1 unspecified atom stereocenters. The first-order valence-electron chi connectivity index (χ1n) is 4.21. The predicted octanol–water partition coefficient (Wildman–Crippen LogP) is 1.56. The van der Waals surface area contributed by atoms with E-state index in [2.05, 4.69) is 0 Å². The molecular formula is C9H10N2O3S.